The van der Waals surface area contributed by atoms with Crippen LogP contribution in [0.4, 0.5) is 4.39 Å². The number of benzene rings is 1. The predicted molar refractivity (Wildman–Crippen MR) is 85.7 cm³/mol. The first-order chi connectivity index (χ1) is 11.8. The Morgan fingerprint density at radius 2 is 1.76 bits per heavy atom. The maximum absolute atomic E-state index is 14.2. The number of rotatable bonds is 6. The second-order valence-corrected chi connectivity index (χ2v) is 5.34. The molecule has 0 fully saturated rings. The number of hydrogen-bond donors (Lipinski definition) is 1. The highest BCUT2D eigenvalue weighted by Gasteiger charge is 2.22. The minimum atomic E-state index is -1.12. The summed E-state index contributed by atoms with van der Waals surface area (Å²) in [5.74, 6) is -1.56. The van der Waals surface area contributed by atoms with E-state index in [2.05, 4.69) is 0 Å². The molecule has 0 bridgehead atoms. The lowest BCUT2D eigenvalue weighted by Gasteiger charge is -2.17. The molecule has 0 radical (unpaired) electrons. The first kappa shape index (κ1) is 18.3. The molecular formula is C17H18FNO6. The second-order valence-electron chi connectivity index (χ2n) is 5.34. The summed E-state index contributed by atoms with van der Waals surface area (Å²) in [6, 6.07) is 3.66. The fraction of sp³-hybridized carbons (Fsp3) is 0.294. The Hall–Kier alpha value is -3.03. The third kappa shape index (κ3) is 3.73. The number of halogens is 1. The van der Waals surface area contributed by atoms with Gasteiger partial charge in [0.2, 0.25) is 0 Å². The summed E-state index contributed by atoms with van der Waals surface area (Å²) in [7, 11) is 4.20. The van der Waals surface area contributed by atoms with Crippen molar-refractivity contribution in [1.29, 1.82) is 0 Å². The lowest BCUT2D eigenvalue weighted by atomic mass is 10.1. The molecule has 25 heavy (non-hydrogen) atoms. The Bertz CT molecular complexity index is 814. The van der Waals surface area contributed by atoms with Crippen LogP contribution < -0.4 is 9.47 Å². The normalized spacial score (nSPS) is 10.4. The van der Waals surface area contributed by atoms with Crippen molar-refractivity contribution < 1.29 is 33.0 Å². The number of carboxylic acid groups (broad SMARTS) is 1. The molecule has 0 atom stereocenters. The number of carbonyl (C=O) groups excluding carboxylic acids is 1. The summed E-state index contributed by atoms with van der Waals surface area (Å²) in [5, 5.41) is 9.03. The van der Waals surface area contributed by atoms with Crippen LogP contribution in [0.2, 0.25) is 0 Å². The first-order valence-electron chi connectivity index (χ1n) is 7.28. The van der Waals surface area contributed by atoms with Crippen molar-refractivity contribution in [3.8, 4) is 11.5 Å². The molecule has 0 spiro atoms. The monoisotopic (exact) mass is 351 g/mol. The van der Waals surface area contributed by atoms with E-state index in [9.17, 15) is 14.0 Å². The Balaban J connectivity index is 2.25. The summed E-state index contributed by atoms with van der Waals surface area (Å²) in [6.45, 7) is 1.50. The zero-order valence-electron chi connectivity index (χ0n) is 14.3. The number of methoxy groups -OCH3 is 2. The molecule has 2 aromatic rings. The van der Waals surface area contributed by atoms with Gasteiger partial charge < -0.3 is 23.9 Å². The van der Waals surface area contributed by atoms with Gasteiger partial charge in [-0.3, -0.25) is 4.79 Å². The highest BCUT2D eigenvalue weighted by molar-refractivity contribution is 5.95. The SMILES string of the molecule is COc1cc(F)c(C(=O)N(C)Cc2cc(C(=O)O)c(C)o2)cc1OC. The Kier molecular flexibility index (Phi) is 5.31. The smallest absolute Gasteiger partial charge is 0.339 e. The van der Waals surface area contributed by atoms with E-state index in [-0.39, 0.29) is 40.7 Å². The maximum atomic E-state index is 14.2. The number of ether oxygens (including phenoxy) is 2. The van der Waals surface area contributed by atoms with Gasteiger partial charge in [0, 0.05) is 13.1 Å². The number of hydrogen-bond acceptors (Lipinski definition) is 5. The van der Waals surface area contributed by atoms with Crippen LogP contribution in [0, 0.1) is 12.7 Å². The van der Waals surface area contributed by atoms with E-state index >= 15 is 0 Å². The number of aromatic carboxylic acids is 1. The number of aryl methyl sites for hydroxylation is 1. The van der Waals surface area contributed by atoms with Crippen molar-refractivity contribution >= 4 is 11.9 Å². The number of carboxylic acids is 1. The molecular weight excluding hydrogens is 333 g/mol. The van der Waals surface area contributed by atoms with E-state index in [1.54, 1.807) is 0 Å². The van der Waals surface area contributed by atoms with Crippen molar-refractivity contribution in [1.82, 2.24) is 4.90 Å². The van der Waals surface area contributed by atoms with Crippen molar-refractivity contribution in [2.24, 2.45) is 0 Å². The lowest BCUT2D eigenvalue weighted by molar-refractivity contribution is 0.0694. The largest absolute Gasteiger partial charge is 0.493 e. The Morgan fingerprint density at radius 1 is 1.16 bits per heavy atom. The molecule has 8 heteroatoms. The molecule has 7 nitrogen and oxygen atoms in total. The molecule has 2 rings (SSSR count). The van der Waals surface area contributed by atoms with Crippen LogP contribution in [0.25, 0.3) is 0 Å². The predicted octanol–water partition coefficient (Wildman–Crippen LogP) is 2.71. The standard InChI is InChI=1S/C17H18FNO6/c1-9-11(17(21)22)5-10(25-9)8-19(2)16(20)12-6-14(23-3)15(24-4)7-13(12)18/h5-7H,8H2,1-4H3,(H,21,22). The minimum Gasteiger partial charge on any atom is -0.493 e. The third-order valence-electron chi connectivity index (χ3n) is 3.64. The number of amides is 1. The van der Waals surface area contributed by atoms with Crippen LogP contribution >= 0.6 is 0 Å². The van der Waals surface area contributed by atoms with Gasteiger partial charge in [-0.2, -0.15) is 0 Å². The van der Waals surface area contributed by atoms with Gasteiger partial charge in [0.05, 0.1) is 26.3 Å². The van der Waals surface area contributed by atoms with Crippen molar-refractivity contribution in [3.05, 3.63) is 46.7 Å². The van der Waals surface area contributed by atoms with E-state index in [1.807, 2.05) is 0 Å². The van der Waals surface area contributed by atoms with Crippen LogP contribution in [0.15, 0.2) is 22.6 Å². The average molecular weight is 351 g/mol. The molecule has 1 aromatic carbocycles. The topological polar surface area (TPSA) is 89.2 Å². The Morgan fingerprint density at radius 3 is 2.28 bits per heavy atom. The Labute approximate surface area is 143 Å². The summed E-state index contributed by atoms with van der Waals surface area (Å²) in [5.41, 5.74) is -0.171. The molecule has 0 saturated heterocycles. The van der Waals surface area contributed by atoms with E-state index in [0.717, 1.165) is 6.07 Å². The molecule has 1 aromatic heterocycles. The van der Waals surface area contributed by atoms with Crippen LogP contribution in [0.5, 0.6) is 11.5 Å². The molecule has 0 unspecified atom stereocenters. The highest BCUT2D eigenvalue weighted by atomic mass is 19.1. The molecule has 0 aliphatic carbocycles. The molecule has 0 saturated carbocycles. The lowest BCUT2D eigenvalue weighted by Crippen LogP contribution is -2.27. The second kappa shape index (κ2) is 7.25. The zero-order chi connectivity index (χ0) is 18.7. The summed E-state index contributed by atoms with van der Waals surface area (Å²) < 4.78 is 29.6. The molecule has 134 valence electrons. The van der Waals surface area contributed by atoms with E-state index in [1.165, 1.54) is 45.2 Å². The number of nitrogens with zero attached hydrogens (tertiary/aromatic N) is 1. The third-order valence-corrected chi connectivity index (χ3v) is 3.64. The number of carbonyl (C=O) groups is 2. The van der Waals surface area contributed by atoms with Crippen molar-refractivity contribution in [2.75, 3.05) is 21.3 Å². The van der Waals surface area contributed by atoms with Gasteiger partial charge in [-0.1, -0.05) is 0 Å². The van der Waals surface area contributed by atoms with Gasteiger partial charge in [-0.15, -0.1) is 0 Å². The number of furan rings is 1. The molecule has 1 heterocycles. The summed E-state index contributed by atoms with van der Waals surface area (Å²) in [4.78, 5) is 24.7. The highest BCUT2D eigenvalue weighted by Crippen LogP contribution is 2.30. The van der Waals surface area contributed by atoms with Gasteiger partial charge in [0.15, 0.2) is 11.5 Å². The van der Waals surface area contributed by atoms with Crippen molar-refractivity contribution in [2.45, 2.75) is 13.5 Å². The molecule has 1 amide bonds. The fourth-order valence-electron chi connectivity index (χ4n) is 2.36. The molecule has 0 aliphatic heterocycles. The van der Waals surface area contributed by atoms with E-state index in [0.29, 0.717) is 0 Å². The van der Waals surface area contributed by atoms with Crippen molar-refractivity contribution in [3.63, 3.8) is 0 Å². The summed E-state index contributed by atoms with van der Waals surface area (Å²) >= 11 is 0. The maximum Gasteiger partial charge on any atom is 0.339 e. The van der Waals surface area contributed by atoms with Gasteiger partial charge in [0.25, 0.3) is 5.91 Å². The van der Waals surface area contributed by atoms with Crippen LogP contribution in [-0.4, -0.2) is 43.2 Å². The van der Waals surface area contributed by atoms with Gasteiger partial charge in [-0.25, -0.2) is 9.18 Å². The minimum absolute atomic E-state index is 0.0132. The average Bonchev–Trinajstić information content (AvgIpc) is 2.94. The van der Waals surface area contributed by atoms with Gasteiger partial charge in [0.1, 0.15) is 22.9 Å². The zero-order valence-corrected chi connectivity index (χ0v) is 14.3. The van der Waals surface area contributed by atoms with E-state index in [4.69, 9.17) is 19.0 Å². The summed E-state index contributed by atoms with van der Waals surface area (Å²) in [6.07, 6.45) is 0. The van der Waals surface area contributed by atoms with E-state index < -0.39 is 17.7 Å². The first-order valence-corrected chi connectivity index (χ1v) is 7.28. The van der Waals surface area contributed by atoms with Crippen LogP contribution in [-0.2, 0) is 6.54 Å². The molecule has 1 N–H and O–H groups in total. The fourth-order valence-corrected chi connectivity index (χ4v) is 2.36. The van der Waals surface area contributed by atoms with Gasteiger partial charge in [-0.05, 0) is 19.1 Å². The quantitative estimate of drug-likeness (QED) is 0.861. The van der Waals surface area contributed by atoms with Crippen LogP contribution in [0.3, 0.4) is 0 Å². The molecule has 0 aliphatic rings. The van der Waals surface area contributed by atoms with Gasteiger partial charge >= 0.3 is 5.97 Å². The van der Waals surface area contributed by atoms with Crippen LogP contribution in [0.1, 0.15) is 32.2 Å².